The van der Waals surface area contributed by atoms with Gasteiger partial charge in [0.05, 0.1) is 0 Å². The van der Waals surface area contributed by atoms with Gasteiger partial charge in [-0.3, -0.25) is 19.2 Å². The highest BCUT2D eigenvalue weighted by molar-refractivity contribution is 5.96. The summed E-state index contributed by atoms with van der Waals surface area (Å²) < 4.78 is 4.93. The zero-order valence-corrected chi connectivity index (χ0v) is 14.2. The number of carbonyl (C=O) groups excluding carboxylic acids is 3. The van der Waals surface area contributed by atoms with E-state index in [9.17, 15) is 19.2 Å². The lowest BCUT2D eigenvalue weighted by Crippen LogP contribution is -2.24. The van der Waals surface area contributed by atoms with Crippen LogP contribution in [0.15, 0.2) is 18.2 Å². The molecule has 136 valence electrons. The predicted octanol–water partition coefficient (Wildman–Crippen LogP) is 2.58. The van der Waals surface area contributed by atoms with Crippen molar-refractivity contribution < 1.29 is 29.0 Å². The number of esters is 1. The Bertz CT molecular complexity index is 626. The largest absolute Gasteiger partial charge is 0.481 e. The average molecular weight is 349 g/mol. The molecular formula is C18H23NO6. The van der Waals surface area contributed by atoms with Crippen LogP contribution in [0.1, 0.15) is 66.2 Å². The van der Waals surface area contributed by atoms with Gasteiger partial charge >= 0.3 is 11.9 Å². The molecule has 0 fully saturated rings. The Morgan fingerprint density at radius 3 is 2.40 bits per heavy atom. The molecule has 0 aliphatic rings. The van der Waals surface area contributed by atoms with Gasteiger partial charge < -0.3 is 15.2 Å². The van der Waals surface area contributed by atoms with Crippen molar-refractivity contribution >= 4 is 24.1 Å². The highest BCUT2D eigenvalue weighted by atomic mass is 16.5. The van der Waals surface area contributed by atoms with Gasteiger partial charge in [0.25, 0.3) is 5.91 Å². The first kappa shape index (κ1) is 20.3. The van der Waals surface area contributed by atoms with Gasteiger partial charge in [0, 0.05) is 31.0 Å². The van der Waals surface area contributed by atoms with Crippen molar-refractivity contribution in [2.45, 2.75) is 45.4 Å². The van der Waals surface area contributed by atoms with Gasteiger partial charge in [-0.25, -0.2) is 0 Å². The number of hydrogen-bond acceptors (Lipinski definition) is 5. The fourth-order valence-electron chi connectivity index (χ4n) is 2.28. The van der Waals surface area contributed by atoms with E-state index in [0.717, 1.165) is 25.7 Å². The number of carboxylic acid groups (broad SMARTS) is 1. The number of ether oxygens (including phenoxy) is 1. The van der Waals surface area contributed by atoms with Crippen LogP contribution in [-0.2, 0) is 9.59 Å². The number of aldehydes is 1. The molecule has 0 aliphatic carbocycles. The molecule has 1 aromatic carbocycles. The van der Waals surface area contributed by atoms with Gasteiger partial charge in [0.15, 0.2) is 0 Å². The molecule has 0 saturated heterocycles. The van der Waals surface area contributed by atoms with Crippen LogP contribution in [0.4, 0.5) is 0 Å². The normalized spacial score (nSPS) is 10.1. The molecule has 0 radical (unpaired) electrons. The number of unbranched alkanes of at least 4 members (excludes halogenated alkanes) is 4. The molecule has 0 spiro atoms. The number of hydrogen-bond donors (Lipinski definition) is 2. The van der Waals surface area contributed by atoms with Crippen LogP contribution in [-0.4, -0.2) is 35.8 Å². The topological polar surface area (TPSA) is 110 Å². The number of nitrogens with one attached hydrogen (secondary N) is 1. The summed E-state index contributed by atoms with van der Waals surface area (Å²) in [5.41, 5.74) is 0.504. The number of rotatable bonds is 11. The van der Waals surface area contributed by atoms with Gasteiger partial charge in [0.2, 0.25) is 0 Å². The molecule has 0 saturated carbocycles. The monoisotopic (exact) mass is 349 g/mol. The van der Waals surface area contributed by atoms with Crippen LogP contribution in [0, 0.1) is 0 Å². The third-order valence-corrected chi connectivity index (χ3v) is 3.44. The summed E-state index contributed by atoms with van der Waals surface area (Å²) in [5.74, 6) is -1.50. The van der Waals surface area contributed by atoms with E-state index in [-0.39, 0.29) is 29.2 Å². The second-order valence-corrected chi connectivity index (χ2v) is 5.67. The van der Waals surface area contributed by atoms with Crippen LogP contribution in [0.25, 0.3) is 0 Å². The Hall–Kier alpha value is -2.70. The molecule has 0 aliphatic heterocycles. The van der Waals surface area contributed by atoms with Gasteiger partial charge in [-0.1, -0.05) is 19.3 Å². The minimum Gasteiger partial charge on any atom is -0.481 e. The zero-order valence-electron chi connectivity index (χ0n) is 14.2. The van der Waals surface area contributed by atoms with Gasteiger partial charge in [-0.15, -0.1) is 0 Å². The molecule has 0 heterocycles. The van der Waals surface area contributed by atoms with Crippen LogP contribution in [0.2, 0.25) is 0 Å². The van der Waals surface area contributed by atoms with Crippen molar-refractivity contribution in [2.75, 3.05) is 6.54 Å². The van der Waals surface area contributed by atoms with E-state index in [4.69, 9.17) is 9.84 Å². The molecule has 7 nitrogen and oxygen atoms in total. The highest BCUT2D eigenvalue weighted by Gasteiger charge is 2.10. The Labute approximate surface area is 146 Å². The average Bonchev–Trinajstić information content (AvgIpc) is 2.55. The summed E-state index contributed by atoms with van der Waals surface area (Å²) in [6, 6.07) is 4.24. The van der Waals surface area contributed by atoms with Crippen molar-refractivity contribution in [1.29, 1.82) is 0 Å². The molecule has 1 amide bonds. The molecule has 25 heavy (non-hydrogen) atoms. The van der Waals surface area contributed by atoms with Crippen LogP contribution < -0.4 is 10.1 Å². The second-order valence-electron chi connectivity index (χ2n) is 5.67. The molecule has 0 bridgehead atoms. The zero-order chi connectivity index (χ0) is 18.7. The fraction of sp³-hybridized carbons (Fsp3) is 0.444. The van der Waals surface area contributed by atoms with E-state index in [1.807, 2.05) is 0 Å². The van der Waals surface area contributed by atoms with E-state index in [0.29, 0.717) is 19.3 Å². The Morgan fingerprint density at radius 1 is 1.08 bits per heavy atom. The van der Waals surface area contributed by atoms with Crippen LogP contribution >= 0.6 is 0 Å². The lowest BCUT2D eigenvalue weighted by atomic mass is 10.1. The van der Waals surface area contributed by atoms with Crippen LogP contribution in [0.3, 0.4) is 0 Å². The first-order valence-corrected chi connectivity index (χ1v) is 8.21. The number of carboxylic acids is 1. The molecule has 0 atom stereocenters. The first-order chi connectivity index (χ1) is 11.9. The minimum absolute atomic E-state index is 0.153. The van der Waals surface area contributed by atoms with Crippen molar-refractivity contribution in [3.8, 4) is 5.75 Å². The number of amides is 1. The summed E-state index contributed by atoms with van der Waals surface area (Å²) in [7, 11) is 0. The van der Waals surface area contributed by atoms with Crippen LogP contribution in [0.5, 0.6) is 5.75 Å². The molecular weight excluding hydrogens is 326 g/mol. The fourth-order valence-corrected chi connectivity index (χ4v) is 2.28. The second kappa shape index (κ2) is 11.0. The maximum atomic E-state index is 12.1. The van der Waals surface area contributed by atoms with E-state index >= 15 is 0 Å². The summed E-state index contributed by atoms with van der Waals surface area (Å²) >= 11 is 0. The smallest absolute Gasteiger partial charge is 0.308 e. The number of aliphatic carboxylic acids is 1. The Morgan fingerprint density at radius 2 is 1.76 bits per heavy atom. The third kappa shape index (κ3) is 8.64. The molecule has 1 aromatic rings. The third-order valence-electron chi connectivity index (χ3n) is 3.44. The van der Waals surface area contributed by atoms with E-state index < -0.39 is 11.9 Å². The summed E-state index contributed by atoms with van der Waals surface area (Å²) in [5, 5.41) is 11.3. The molecule has 0 aromatic heterocycles. The number of carbonyl (C=O) groups is 4. The summed E-state index contributed by atoms with van der Waals surface area (Å²) in [6.07, 6.45) is 4.89. The van der Waals surface area contributed by atoms with Gasteiger partial charge in [-0.2, -0.15) is 0 Å². The molecule has 7 heteroatoms. The quantitative estimate of drug-likeness (QED) is 0.275. The van der Waals surface area contributed by atoms with E-state index in [2.05, 4.69) is 5.32 Å². The van der Waals surface area contributed by atoms with Crippen molar-refractivity contribution in [2.24, 2.45) is 0 Å². The van der Waals surface area contributed by atoms with Gasteiger partial charge in [-0.05, 0) is 31.0 Å². The maximum absolute atomic E-state index is 12.1. The minimum atomic E-state index is -0.780. The van der Waals surface area contributed by atoms with Crippen molar-refractivity contribution in [3.63, 3.8) is 0 Å². The molecule has 1 rings (SSSR count). The van der Waals surface area contributed by atoms with Gasteiger partial charge in [0.1, 0.15) is 12.0 Å². The number of benzene rings is 1. The van der Waals surface area contributed by atoms with Crippen molar-refractivity contribution in [1.82, 2.24) is 5.32 Å². The summed E-state index contributed by atoms with van der Waals surface area (Å²) in [4.78, 5) is 44.4. The van der Waals surface area contributed by atoms with E-state index in [1.165, 1.54) is 25.1 Å². The SMILES string of the molecule is CC(=O)Oc1cc(C=O)cc(C(=O)NCCCCCCCC(=O)O)c1. The summed E-state index contributed by atoms with van der Waals surface area (Å²) in [6.45, 7) is 1.72. The lowest BCUT2D eigenvalue weighted by Gasteiger charge is -2.08. The lowest BCUT2D eigenvalue weighted by molar-refractivity contribution is -0.137. The van der Waals surface area contributed by atoms with Crippen molar-refractivity contribution in [3.05, 3.63) is 29.3 Å². The van der Waals surface area contributed by atoms with E-state index in [1.54, 1.807) is 0 Å². The Kier molecular flexibility index (Phi) is 8.92. The highest BCUT2D eigenvalue weighted by Crippen LogP contribution is 2.17. The molecule has 0 unspecified atom stereocenters. The standard InChI is InChI=1S/C18H23NO6/c1-13(21)25-16-10-14(12-20)9-15(11-16)18(24)19-8-6-4-2-3-5-7-17(22)23/h9-12H,2-8H2,1H3,(H,19,24)(H,22,23). The molecule has 2 N–H and O–H groups in total. The Balaban J connectivity index is 2.40. The maximum Gasteiger partial charge on any atom is 0.308 e. The first-order valence-electron chi connectivity index (χ1n) is 8.21. The predicted molar refractivity (Wildman–Crippen MR) is 90.8 cm³/mol.